The Morgan fingerprint density at radius 1 is 1.35 bits per heavy atom. The highest BCUT2D eigenvalue weighted by atomic mass is 79.9. The molecule has 0 aromatic heterocycles. The SMILES string of the molecule is N#Cc1cc(Br)ccc1OCCN1CCCC1. The van der Waals surface area contributed by atoms with Crippen LogP contribution >= 0.6 is 15.9 Å². The number of likely N-dealkylation sites (tertiary alicyclic amines) is 1. The Morgan fingerprint density at radius 3 is 2.82 bits per heavy atom. The number of nitrogens with zero attached hydrogens (tertiary/aromatic N) is 2. The Kier molecular flexibility index (Phi) is 4.41. The molecule has 0 amide bonds. The summed E-state index contributed by atoms with van der Waals surface area (Å²) < 4.78 is 6.56. The average Bonchev–Trinajstić information content (AvgIpc) is 2.84. The molecule has 0 atom stereocenters. The van der Waals surface area contributed by atoms with E-state index >= 15 is 0 Å². The van der Waals surface area contributed by atoms with Gasteiger partial charge in [-0.05, 0) is 44.1 Å². The van der Waals surface area contributed by atoms with Gasteiger partial charge in [0, 0.05) is 11.0 Å². The second kappa shape index (κ2) is 6.04. The lowest BCUT2D eigenvalue weighted by molar-refractivity contribution is 0.237. The van der Waals surface area contributed by atoms with Crippen molar-refractivity contribution in [2.24, 2.45) is 0 Å². The molecule has 0 spiro atoms. The topological polar surface area (TPSA) is 36.3 Å². The summed E-state index contributed by atoms with van der Waals surface area (Å²) in [5.41, 5.74) is 0.584. The second-order valence-electron chi connectivity index (χ2n) is 4.15. The Morgan fingerprint density at radius 2 is 2.12 bits per heavy atom. The first-order valence-corrected chi connectivity index (χ1v) is 6.64. The van der Waals surface area contributed by atoms with Crippen molar-refractivity contribution >= 4 is 15.9 Å². The van der Waals surface area contributed by atoms with Crippen LogP contribution in [-0.2, 0) is 0 Å². The first-order valence-electron chi connectivity index (χ1n) is 5.84. The Balaban J connectivity index is 1.88. The summed E-state index contributed by atoms with van der Waals surface area (Å²) in [6.45, 7) is 3.95. The number of hydrogen-bond donors (Lipinski definition) is 0. The molecule has 1 heterocycles. The van der Waals surface area contributed by atoms with Crippen LogP contribution < -0.4 is 4.74 Å². The van der Waals surface area contributed by atoms with Crippen molar-refractivity contribution in [2.75, 3.05) is 26.2 Å². The molecule has 1 aromatic carbocycles. The molecule has 0 bridgehead atoms. The van der Waals surface area contributed by atoms with Gasteiger partial charge in [-0.15, -0.1) is 0 Å². The van der Waals surface area contributed by atoms with E-state index in [4.69, 9.17) is 10.00 Å². The predicted molar refractivity (Wildman–Crippen MR) is 70.0 cm³/mol. The highest BCUT2D eigenvalue weighted by Gasteiger charge is 2.11. The normalized spacial score (nSPS) is 15.8. The minimum Gasteiger partial charge on any atom is -0.491 e. The van der Waals surface area contributed by atoms with Gasteiger partial charge in [-0.25, -0.2) is 0 Å². The smallest absolute Gasteiger partial charge is 0.137 e. The first-order chi connectivity index (χ1) is 8.29. The van der Waals surface area contributed by atoms with Crippen LogP contribution in [0.2, 0.25) is 0 Å². The van der Waals surface area contributed by atoms with Crippen molar-refractivity contribution in [3.8, 4) is 11.8 Å². The van der Waals surface area contributed by atoms with Gasteiger partial charge >= 0.3 is 0 Å². The van der Waals surface area contributed by atoms with Gasteiger partial charge in [0.15, 0.2) is 0 Å². The van der Waals surface area contributed by atoms with E-state index < -0.39 is 0 Å². The lowest BCUT2D eigenvalue weighted by atomic mass is 10.2. The highest BCUT2D eigenvalue weighted by molar-refractivity contribution is 9.10. The Hall–Kier alpha value is -1.05. The van der Waals surface area contributed by atoms with Gasteiger partial charge < -0.3 is 4.74 Å². The molecular weight excluding hydrogens is 280 g/mol. The van der Waals surface area contributed by atoms with Gasteiger partial charge in [0.05, 0.1) is 5.56 Å². The molecule has 0 aliphatic carbocycles. The molecule has 1 aromatic rings. The third-order valence-electron chi connectivity index (χ3n) is 2.93. The van der Waals surface area contributed by atoms with E-state index in [9.17, 15) is 0 Å². The summed E-state index contributed by atoms with van der Waals surface area (Å²) in [5.74, 6) is 0.676. The van der Waals surface area contributed by atoms with E-state index in [1.54, 1.807) is 6.07 Å². The van der Waals surface area contributed by atoms with Crippen molar-refractivity contribution in [1.29, 1.82) is 5.26 Å². The van der Waals surface area contributed by atoms with E-state index in [2.05, 4.69) is 26.9 Å². The number of rotatable bonds is 4. The van der Waals surface area contributed by atoms with Gasteiger partial charge in [0.1, 0.15) is 18.4 Å². The molecular formula is C13H15BrN2O. The largest absolute Gasteiger partial charge is 0.491 e. The Bertz CT molecular complexity index is 422. The van der Waals surface area contributed by atoms with Crippen LogP contribution in [0.4, 0.5) is 0 Å². The maximum atomic E-state index is 8.99. The molecule has 1 aliphatic rings. The van der Waals surface area contributed by atoms with Gasteiger partial charge in [-0.3, -0.25) is 4.90 Å². The van der Waals surface area contributed by atoms with Crippen LogP contribution in [0.15, 0.2) is 22.7 Å². The van der Waals surface area contributed by atoms with E-state index in [-0.39, 0.29) is 0 Å². The fourth-order valence-electron chi connectivity index (χ4n) is 2.01. The van der Waals surface area contributed by atoms with Crippen LogP contribution in [0.3, 0.4) is 0 Å². The number of hydrogen-bond acceptors (Lipinski definition) is 3. The van der Waals surface area contributed by atoms with Crippen LogP contribution in [0.5, 0.6) is 5.75 Å². The van der Waals surface area contributed by atoms with Crippen LogP contribution in [0.1, 0.15) is 18.4 Å². The van der Waals surface area contributed by atoms with Crippen molar-refractivity contribution < 1.29 is 4.74 Å². The van der Waals surface area contributed by atoms with Crippen LogP contribution in [-0.4, -0.2) is 31.1 Å². The summed E-state index contributed by atoms with van der Waals surface area (Å²) >= 11 is 3.34. The van der Waals surface area contributed by atoms with Gasteiger partial charge in [0.2, 0.25) is 0 Å². The fourth-order valence-corrected chi connectivity index (χ4v) is 2.37. The molecule has 1 fully saturated rings. The molecule has 0 radical (unpaired) electrons. The average molecular weight is 295 g/mol. The van der Waals surface area contributed by atoms with E-state index in [1.165, 1.54) is 25.9 Å². The maximum absolute atomic E-state index is 8.99. The number of halogens is 1. The molecule has 1 saturated heterocycles. The zero-order chi connectivity index (χ0) is 12.1. The lowest BCUT2D eigenvalue weighted by Gasteiger charge is -2.15. The highest BCUT2D eigenvalue weighted by Crippen LogP contribution is 2.22. The number of benzene rings is 1. The number of ether oxygens (including phenoxy) is 1. The molecule has 0 unspecified atom stereocenters. The summed E-state index contributed by atoms with van der Waals surface area (Å²) in [6, 6.07) is 7.66. The van der Waals surface area contributed by atoms with E-state index in [1.807, 2.05) is 12.1 Å². The minimum absolute atomic E-state index is 0.584. The summed E-state index contributed by atoms with van der Waals surface area (Å²) in [5, 5.41) is 8.99. The Labute approximate surface area is 110 Å². The molecule has 2 rings (SSSR count). The van der Waals surface area contributed by atoms with E-state index in [0.717, 1.165) is 11.0 Å². The predicted octanol–water partition coefficient (Wildman–Crippen LogP) is 2.80. The van der Waals surface area contributed by atoms with E-state index in [0.29, 0.717) is 17.9 Å². The molecule has 0 saturated carbocycles. The quantitative estimate of drug-likeness (QED) is 0.857. The maximum Gasteiger partial charge on any atom is 0.137 e. The molecule has 4 heteroatoms. The van der Waals surface area contributed by atoms with Crippen molar-refractivity contribution in [3.05, 3.63) is 28.2 Å². The second-order valence-corrected chi connectivity index (χ2v) is 5.07. The molecule has 0 N–H and O–H groups in total. The van der Waals surface area contributed by atoms with Gasteiger partial charge in [-0.1, -0.05) is 15.9 Å². The third-order valence-corrected chi connectivity index (χ3v) is 3.42. The number of nitriles is 1. The standard InChI is InChI=1S/C13H15BrN2O/c14-12-3-4-13(11(9-12)10-15)17-8-7-16-5-1-2-6-16/h3-4,9H,1-2,5-8H2. The lowest BCUT2D eigenvalue weighted by Crippen LogP contribution is -2.25. The zero-order valence-electron chi connectivity index (χ0n) is 9.66. The van der Waals surface area contributed by atoms with Crippen molar-refractivity contribution in [1.82, 2.24) is 4.90 Å². The van der Waals surface area contributed by atoms with Crippen LogP contribution in [0.25, 0.3) is 0 Å². The molecule has 1 aliphatic heterocycles. The summed E-state index contributed by atoms with van der Waals surface area (Å²) in [6.07, 6.45) is 2.59. The fraction of sp³-hybridized carbons (Fsp3) is 0.462. The van der Waals surface area contributed by atoms with Crippen LogP contribution in [0, 0.1) is 11.3 Å². The molecule has 17 heavy (non-hydrogen) atoms. The van der Waals surface area contributed by atoms with Gasteiger partial charge in [0.25, 0.3) is 0 Å². The monoisotopic (exact) mass is 294 g/mol. The third kappa shape index (κ3) is 3.45. The molecule has 90 valence electrons. The molecule has 3 nitrogen and oxygen atoms in total. The van der Waals surface area contributed by atoms with Gasteiger partial charge in [-0.2, -0.15) is 5.26 Å². The van der Waals surface area contributed by atoms with Crippen molar-refractivity contribution in [3.63, 3.8) is 0 Å². The van der Waals surface area contributed by atoms with Crippen molar-refractivity contribution in [2.45, 2.75) is 12.8 Å². The first kappa shape index (κ1) is 12.4. The summed E-state index contributed by atoms with van der Waals surface area (Å²) in [4.78, 5) is 2.39. The summed E-state index contributed by atoms with van der Waals surface area (Å²) in [7, 11) is 0. The minimum atomic E-state index is 0.584. The zero-order valence-corrected chi connectivity index (χ0v) is 11.2.